The van der Waals surface area contributed by atoms with Crippen LogP contribution in [-0.2, 0) is 0 Å². The van der Waals surface area contributed by atoms with Crippen LogP contribution in [0.1, 0.15) is 34.7 Å². The average molecular weight is 212 g/mol. The molecule has 1 saturated heterocycles. The Morgan fingerprint density at radius 1 is 1.14 bits per heavy atom. The molecule has 1 aromatic carbocycles. The van der Waals surface area contributed by atoms with E-state index in [-0.39, 0.29) is 12.4 Å². The van der Waals surface area contributed by atoms with Crippen molar-refractivity contribution in [2.75, 3.05) is 6.54 Å². The molecule has 0 saturated carbocycles. The Labute approximate surface area is 92.3 Å². The number of hydrogen-bond donors (Lipinski definition) is 1. The lowest BCUT2D eigenvalue weighted by Crippen LogP contribution is -2.35. The molecule has 0 spiro atoms. The van der Waals surface area contributed by atoms with Gasteiger partial charge in [-0.2, -0.15) is 0 Å². The van der Waals surface area contributed by atoms with Crippen molar-refractivity contribution in [2.24, 2.45) is 0 Å². The van der Waals surface area contributed by atoms with Crippen molar-refractivity contribution in [2.45, 2.75) is 33.2 Å². The van der Waals surface area contributed by atoms with E-state index in [2.05, 4.69) is 38.2 Å². The van der Waals surface area contributed by atoms with E-state index in [0.717, 1.165) is 0 Å². The van der Waals surface area contributed by atoms with Gasteiger partial charge in [-0.15, -0.1) is 12.4 Å². The molecule has 1 aromatic rings. The van der Waals surface area contributed by atoms with Crippen molar-refractivity contribution >= 4 is 12.4 Å². The van der Waals surface area contributed by atoms with Crippen LogP contribution in [0, 0.1) is 20.8 Å². The third kappa shape index (κ3) is 1.94. The molecule has 1 atom stereocenters. The van der Waals surface area contributed by atoms with Crippen LogP contribution in [-0.4, -0.2) is 6.54 Å². The van der Waals surface area contributed by atoms with Crippen LogP contribution >= 0.6 is 12.4 Å². The van der Waals surface area contributed by atoms with Crippen LogP contribution in [0.25, 0.3) is 0 Å². The molecule has 1 N–H and O–H groups in total. The molecular weight excluding hydrogens is 194 g/mol. The summed E-state index contributed by atoms with van der Waals surface area (Å²) in [7, 11) is 0. The molecule has 2 rings (SSSR count). The lowest BCUT2D eigenvalue weighted by molar-refractivity contribution is 0.380. The molecule has 1 heterocycles. The number of aryl methyl sites for hydroxylation is 3. The van der Waals surface area contributed by atoms with Crippen LogP contribution in [0.4, 0.5) is 0 Å². The fourth-order valence-electron chi connectivity index (χ4n) is 2.28. The van der Waals surface area contributed by atoms with E-state index in [1.54, 1.807) is 0 Å². The number of nitrogens with one attached hydrogen (secondary N) is 1. The van der Waals surface area contributed by atoms with Crippen LogP contribution in [0.3, 0.4) is 0 Å². The first-order valence-corrected chi connectivity index (χ1v) is 4.99. The summed E-state index contributed by atoms with van der Waals surface area (Å²) in [6.45, 7) is 7.78. The summed E-state index contributed by atoms with van der Waals surface area (Å²) in [6.07, 6.45) is 1.30. The highest BCUT2D eigenvalue weighted by Gasteiger charge is 2.21. The Balaban J connectivity index is 0.000000980. The quantitative estimate of drug-likeness (QED) is 0.753. The molecule has 1 aliphatic rings. The summed E-state index contributed by atoms with van der Waals surface area (Å²) in [6, 6.07) is 5.19. The topological polar surface area (TPSA) is 12.0 Å². The van der Waals surface area contributed by atoms with Gasteiger partial charge in [-0.25, -0.2) is 0 Å². The Morgan fingerprint density at radius 2 is 1.64 bits per heavy atom. The second-order valence-corrected chi connectivity index (χ2v) is 4.11. The van der Waals surface area contributed by atoms with E-state index < -0.39 is 0 Å². The molecule has 1 aliphatic heterocycles. The van der Waals surface area contributed by atoms with Gasteiger partial charge in [-0.3, -0.25) is 0 Å². The summed E-state index contributed by atoms with van der Waals surface area (Å²) in [5.74, 6) is 0. The second kappa shape index (κ2) is 4.33. The highest BCUT2D eigenvalue weighted by Crippen LogP contribution is 2.29. The van der Waals surface area contributed by atoms with E-state index in [0.29, 0.717) is 6.04 Å². The van der Waals surface area contributed by atoms with Crippen molar-refractivity contribution in [3.05, 3.63) is 34.4 Å². The van der Waals surface area contributed by atoms with E-state index in [4.69, 9.17) is 0 Å². The maximum atomic E-state index is 3.46. The molecule has 0 bridgehead atoms. The van der Waals surface area contributed by atoms with Gasteiger partial charge in [0.1, 0.15) is 0 Å². The highest BCUT2D eigenvalue weighted by molar-refractivity contribution is 5.85. The Hall–Kier alpha value is -0.530. The number of rotatable bonds is 1. The second-order valence-electron chi connectivity index (χ2n) is 4.11. The summed E-state index contributed by atoms with van der Waals surface area (Å²) < 4.78 is 0. The zero-order chi connectivity index (χ0) is 9.42. The van der Waals surface area contributed by atoms with Crippen molar-refractivity contribution < 1.29 is 0 Å². The first kappa shape index (κ1) is 11.5. The molecule has 78 valence electrons. The predicted octanol–water partition coefficient (Wildman–Crippen LogP) is 3.07. The summed E-state index contributed by atoms with van der Waals surface area (Å²) in [4.78, 5) is 0. The fourth-order valence-corrected chi connectivity index (χ4v) is 2.28. The SMILES string of the molecule is Cc1cc(C)c([C@@H]2CCN2)c(C)c1.Cl. The standard InChI is InChI=1S/C12H17N.ClH/c1-8-6-9(2)12(10(3)7-8)11-4-5-13-11;/h6-7,11,13H,4-5H2,1-3H3;1H/t11-;/m0./s1. The minimum atomic E-state index is 0. The lowest BCUT2D eigenvalue weighted by Gasteiger charge is -2.31. The van der Waals surface area contributed by atoms with Crippen molar-refractivity contribution in [3.8, 4) is 0 Å². The summed E-state index contributed by atoms with van der Waals surface area (Å²) in [5.41, 5.74) is 5.78. The van der Waals surface area contributed by atoms with Gasteiger partial charge in [0.25, 0.3) is 0 Å². The molecule has 0 aliphatic carbocycles. The molecule has 2 heteroatoms. The van der Waals surface area contributed by atoms with E-state index in [1.807, 2.05) is 0 Å². The molecule has 0 radical (unpaired) electrons. The van der Waals surface area contributed by atoms with E-state index in [9.17, 15) is 0 Å². The van der Waals surface area contributed by atoms with Crippen LogP contribution < -0.4 is 5.32 Å². The van der Waals surface area contributed by atoms with Gasteiger partial charge in [0, 0.05) is 6.04 Å². The molecule has 0 unspecified atom stereocenters. The van der Waals surface area contributed by atoms with E-state index in [1.165, 1.54) is 35.2 Å². The maximum Gasteiger partial charge on any atom is 0.0337 e. The minimum Gasteiger partial charge on any atom is -0.310 e. The van der Waals surface area contributed by atoms with Crippen LogP contribution in [0.15, 0.2) is 12.1 Å². The van der Waals surface area contributed by atoms with Gasteiger partial charge in [-0.1, -0.05) is 17.7 Å². The Kier molecular flexibility index (Phi) is 3.57. The fraction of sp³-hybridized carbons (Fsp3) is 0.500. The van der Waals surface area contributed by atoms with Crippen molar-refractivity contribution in [1.29, 1.82) is 0 Å². The highest BCUT2D eigenvalue weighted by atomic mass is 35.5. The Bertz CT molecular complexity index is 306. The van der Waals surface area contributed by atoms with Crippen LogP contribution in [0.5, 0.6) is 0 Å². The van der Waals surface area contributed by atoms with Gasteiger partial charge in [0.2, 0.25) is 0 Å². The van der Waals surface area contributed by atoms with Gasteiger partial charge in [0.05, 0.1) is 0 Å². The molecule has 1 fully saturated rings. The molecule has 0 amide bonds. The minimum absolute atomic E-state index is 0. The normalized spacial score (nSPS) is 19.8. The van der Waals surface area contributed by atoms with Crippen LogP contribution in [0.2, 0.25) is 0 Å². The first-order valence-electron chi connectivity index (χ1n) is 4.99. The Morgan fingerprint density at radius 3 is 2.00 bits per heavy atom. The van der Waals surface area contributed by atoms with Gasteiger partial charge >= 0.3 is 0 Å². The monoisotopic (exact) mass is 211 g/mol. The number of halogens is 1. The number of hydrogen-bond acceptors (Lipinski definition) is 1. The molecule has 0 aromatic heterocycles. The molecular formula is C12H18ClN. The van der Waals surface area contributed by atoms with Gasteiger partial charge in [0.15, 0.2) is 0 Å². The molecule has 14 heavy (non-hydrogen) atoms. The van der Waals surface area contributed by atoms with Crippen molar-refractivity contribution in [3.63, 3.8) is 0 Å². The first-order chi connectivity index (χ1) is 6.18. The third-order valence-electron chi connectivity index (χ3n) is 2.91. The third-order valence-corrected chi connectivity index (χ3v) is 2.91. The van der Waals surface area contributed by atoms with Gasteiger partial charge in [-0.05, 0) is 50.4 Å². The largest absolute Gasteiger partial charge is 0.310 e. The zero-order valence-corrected chi connectivity index (χ0v) is 9.87. The maximum absolute atomic E-state index is 3.46. The van der Waals surface area contributed by atoms with E-state index >= 15 is 0 Å². The summed E-state index contributed by atoms with van der Waals surface area (Å²) in [5, 5.41) is 3.46. The average Bonchev–Trinajstić information content (AvgIpc) is 1.92. The smallest absolute Gasteiger partial charge is 0.0337 e. The zero-order valence-electron chi connectivity index (χ0n) is 9.05. The summed E-state index contributed by atoms with van der Waals surface area (Å²) >= 11 is 0. The van der Waals surface area contributed by atoms with Gasteiger partial charge < -0.3 is 5.32 Å². The van der Waals surface area contributed by atoms with Crippen molar-refractivity contribution in [1.82, 2.24) is 5.32 Å². The molecule has 1 nitrogen and oxygen atoms in total. The predicted molar refractivity (Wildman–Crippen MR) is 63.3 cm³/mol. The lowest BCUT2D eigenvalue weighted by atomic mass is 9.89. The number of benzene rings is 1.